The largest absolute Gasteiger partial charge is 0.325 e. The Hall–Kier alpha value is -1.39. The van der Waals surface area contributed by atoms with E-state index < -0.39 is 0 Å². The van der Waals surface area contributed by atoms with Crippen molar-refractivity contribution in [2.45, 2.75) is 13.5 Å². The number of carbonyl (C=O) groups is 1. The summed E-state index contributed by atoms with van der Waals surface area (Å²) in [5.41, 5.74) is 2.03. The molecule has 0 aliphatic heterocycles. The number of anilines is 1. The zero-order valence-electron chi connectivity index (χ0n) is 10.8. The standard InChI is InChI=1S/C13H21N3O/c1-4-14-9-11-6-5-7-12(8-11)15-13(17)10-16(2)3/h5-8,14H,4,9-10H2,1-3H3,(H,15,17). The smallest absolute Gasteiger partial charge is 0.238 e. The maximum absolute atomic E-state index is 11.6. The van der Waals surface area contributed by atoms with E-state index >= 15 is 0 Å². The van der Waals surface area contributed by atoms with Crippen LogP contribution < -0.4 is 10.6 Å². The first kappa shape index (κ1) is 13.7. The lowest BCUT2D eigenvalue weighted by Crippen LogP contribution is -2.27. The van der Waals surface area contributed by atoms with Gasteiger partial charge in [-0.3, -0.25) is 4.79 Å². The van der Waals surface area contributed by atoms with Crippen LogP contribution in [0.4, 0.5) is 5.69 Å². The lowest BCUT2D eigenvalue weighted by Gasteiger charge is -2.11. The van der Waals surface area contributed by atoms with Crippen LogP contribution in [-0.2, 0) is 11.3 Å². The third-order valence-corrected chi connectivity index (χ3v) is 2.25. The topological polar surface area (TPSA) is 44.4 Å². The zero-order valence-corrected chi connectivity index (χ0v) is 10.8. The molecule has 0 bridgehead atoms. The lowest BCUT2D eigenvalue weighted by molar-refractivity contribution is -0.116. The van der Waals surface area contributed by atoms with Crippen molar-refractivity contribution in [3.05, 3.63) is 29.8 Å². The SMILES string of the molecule is CCNCc1cccc(NC(=O)CN(C)C)c1. The third-order valence-electron chi connectivity index (χ3n) is 2.25. The Labute approximate surface area is 103 Å². The van der Waals surface area contributed by atoms with Crippen molar-refractivity contribution in [3.8, 4) is 0 Å². The van der Waals surface area contributed by atoms with Crippen LogP contribution in [0, 0.1) is 0 Å². The maximum Gasteiger partial charge on any atom is 0.238 e. The monoisotopic (exact) mass is 235 g/mol. The fourth-order valence-corrected chi connectivity index (χ4v) is 1.52. The molecule has 1 amide bonds. The molecule has 17 heavy (non-hydrogen) atoms. The second kappa shape index (κ2) is 7.04. The van der Waals surface area contributed by atoms with Gasteiger partial charge in [-0.2, -0.15) is 0 Å². The molecule has 1 rings (SSSR count). The van der Waals surface area contributed by atoms with Crippen molar-refractivity contribution in [1.29, 1.82) is 0 Å². The summed E-state index contributed by atoms with van der Waals surface area (Å²) in [6.07, 6.45) is 0. The molecule has 2 N–H and O–H groups in total. The molecule has 4 nitrogen and oxygen atoms in total. The molecule has 4 heteroatoms. The number of nitrogens with one attached hydrogen (secondary N) is 2. The van der Waals surface area contributed by atoms with Crippen LogP contribution in [0.15, 0.2) is 24.3 Å². The number of carbonyl (C=O) groups excluding carboxylic acids is 1. The van der Waals surface area contributed by atoms with Crippen LogP contribution in [-0.4, -0.2) is 38.0 Å². The van der Waals surface area contributed by atoms with Crippen molar-refractivity contribution >= 4 is 11.6 Å². The minimum Gasteiger partial charge on any atom is -0.325 e. The van der Waals surface area contributed by atoms with Gasteiger partial charge in [0.1, 0.15) is 0 Å². The molecule has 0 aliphatic rings. The number of nitrogens with zero attached hydrogens (tertiary/aromatic N) is 1. The van der Waals surface area contributed by atoms with Gasteiger partial charge >= 0.3 is 0 Å². The van der Waals surface area contributed by atoms with Crippen molar-refractivity contribution in [2.24, 2.45) is 0 Å². The number of benzene rings is 1. The summed E-state index contributed by atoms with van der Waals surface area (Å²) in [7, 11) is 3.75. The summed E-state index contributed by atoms with van der Waals surface area (Å²) in [4.78, 5) is 13.4. The maximum atomic E-state index is 11.6. The van der Waals surface area contributed by atoms with E-state index in [2.05, 4.69) is 17.6 Å². The number of hydrogen-bond donors (Lipinski definition) is 2. The van der Waals surface area contributed by atoms with E-state index in [4.69, 9.17) is 0 Å². The molecule has 1 aromatic rings. The summed E-state index contributed by atoms with van der Waals surface area (Å²) < 4.78 is 0. The predicted octanol–water partition coefficient (Wildman–Crippen LogP) is 1.30. The second-order valence-corrected chi connectivity index (χ2v) is 4.27. The summed E-state index contributed by atoms with van der Waals surface area (Å²) in [6, 6.07) is 7.90. The van der Waals surface area contributed by atoms with Gasteiger partial charge in [0, 0.05) is 12.2 Å². The Kier molecular flexibility index (Phi) is 5.66. The van der Waals surface area contributed by atoms with Gasteiger partial charge in [-0.25, -0.2) is 0 Å². The summed E-state index contributed by atoms with van der Waals surface area (Å²) >= 11 is 0. The van der Waals surface area contributed by atoms with Crippen LogP contribution >= 0.6 is 0 Å². The fourth-order valence-electron chi connectivity index (χ4n) is 1.52. The van der Waals surface area contributed by atoms with Crippen molar-refractivity contribution in [3.63, 3.8) is 0 Å². The lowest BCUT2D eigenvalue weighted by atomic mass is 10.2. The fraction of sp³-hybridized carbons (Fsp3) is 0.462. The van der Waals surface area contributed by atoms with Gasteiger partial charge in [0.15, 0.2) is 0 Å². The zero-order chi connectivity index (χ0) is 12.7. The summed E-state index contributed by atoms with van der Waals surface area (Å²) in [5, 5.41) is 6.14. The number of hydrogen-bond acceptors (Lipinski definition) is 3. The molecule has 0 aliphatic carbocycles. The van der Waals surface area contributed by atoms with Gasteiger partial charge in [0.25, 0.3) is 0 Å². The second-order valence-electron chi connectivity index (χ2n) is 4.27. The van der Waals surface area contributed by atoms with Gasteiger partial charge in [-0.05, 0) is 38.3 Å². The first-order valence-electron chi connectivity index (χ1n) is 5.86. The molecule has 0 spiro atoms. The summed E-state index contributed by atoms with van der Waals surface area (Å²) in [6.45, 7) is 4.24. The molecular weight excluding hydrogens is 214 g/mol. The molecule has 94 valence electrons. The molecular formula is C13H21N3O. The molecule has 0 saturated heterocycles. The van der Waals surface area contributed by atoms with Gasteiger partial charge in [-0.15, -0.1) is 0 Å². The highest BCUT2D eigenvalue weighted by atomic mass is 16.2. The molecule has 0 atom stereocenters. The van der Waals surface area contributed by atoms with Crippen LogP contribution in [0.2, 0.25) is 0 Å². The number of rotatable bonds is 6. The van der Waals surface area contributed by atoms with E-state index in [1.165, 1.54) is 5.56 Å². The van der Waals surface area contributed by atoms with Gasteiger partial charge in [0.2, 0.25) is 5.91 Å². The third kappa shape index (κ3) is 5.47. The minimum absolute atomic E-state index is 0.00982. The van der Waals surface area contributed by atoms with E-state index in [-0.39, 0.29) is 5.91 Å². The summed E-state index contributed by atoms with van der Waals surface area (Å²) in [5.74, 6) is 0.00982. The molecule has 0 unspecified atom stereocenters. The van der Waals surface area contributed by atoms with E-state index in [0.29, 0.717) is 6.54 Å². The van der Waals surface area contributed by atoms with E-state index in [0.717, 1.165) is 18.8 Å². The Morgan fingerprint density at radius 1 is 1.35 bits per heavy atom. The Morgan fingerprint density at radius 2 is 2.12 bits per heavy atom. The van der Waals surface area contributed by atoms with Crippen LogP contribution in [0.25, 0.3) is 0 Å². The Balaban J connectivity index is 2.56. The van der Waals surface area contributed by atoms with Crippen LogP contribution in [0.1, 0.15) is 12.5 Å². The van der Waals surface area contributed by atoms with Gasteiger partial charge in [-0.1, -0.05) is 19.1 Å². The highest BCUT2D eigenvalue weighted by Gasteiger charge is 2.03. The van der Waals surface area contributed by atoms with Crippen molar-refractivity contribution < 1.29 is 4.79 Å². The molecule has 0 saturated carbocycles. The highest BCUT2D eigenvalue weighted by Crippen LogP contribution is 2.10. The number of likely N-dealkylation sites (N-methyl/N-ethyl adjacent to an activating group) is 1. The molecule has 0 aromatic heterocycles. The first-order valence-corrected chi connectivity index (χ1v) is 5.86. The van der Waals surface area contributed by atoms with Gasteiger partial charge < -0.3 is 15.5 Å². The Bertz CT molecular complexity index is 363. The molecule has 0 heterocycles. The Morgan fingerprint density at radius 3 is 2.76 bits per heavy atom. The van der Waals surface area contributed by atoms with E-state index in [1.807, 2.05) is 43.3 Å². The average molecular weight is 235 g/mol. The average Bonchev–Trinajstić information content (AvgIpc) is 2.25. The molecule has 0 fully saturated rings. The number of amides is 1. The van der Waals surface area contributed by atoms with Gasteiger partial charge in [0.05, 0.1) is 6.54 Å². The van der Waals surface area contributed by atoms with E-state index in [1.54, 1.807) is 0 Å². The van der Waals surface area contributed by atoms with Crippen LogP contribution in [0.3, 0.4) is 0 Å². The van der Waals surface area contributed by atoms with Crippen molar-refractivity contribution in [1.82, 2.24) is 10.2 Å². The quantitative estimate of drug-likeness (QED) is 0.781. The molecule has 1 aromatic carbocycles. The molecule has 0 radical (unpaired) electrons. The highest BCUT2D eigenvalue weighted by molar-refractivity contribution is 5.92. The normalized spacial score (nSPS) is 10.6. The van der Waals surface area contributed by atoms with Crippen molar-refractivity contribution in [2.75, 3.05) is 32.5 Å². The van der Waals surface area contributed by atoms with Crippen LogP contribution in [0.5, 0.6) is 0 Å². The van der Waals surface area contributed by atoms with E-state index in [9.17, 15) is 4.79 Å². The predicted molar refractivity (Wildman–Crippen MR) is 71.0 cm³/mol. The first-order chi connectivity index (χ1) is 8.11. The minimum atomic E-state index is 0.00982.